The average molecular weight is 460 g/mol. The zero-order chi connectivity index (χ0) is 17.2. The van der Waals surface area contributed by atoms with Gasteiger partial charge in [-0.1, -0.05) is 24.3 Å². The van der Waals surface area contributed by atoms with Gasteiger partial charge in [0.25, 0.3) is 0 Å². The normalized spacial score (nSPS) is 15.9. The number of nitrogens with zero attached hydrogens (tertiary/aromatic N) is 2. The highest BCUT2D eigenvalue weighted by atomic mass is 127. The van der Waals surface area contributed by atoms with Gasteiger partial charge in [-0.15, -0.1) is 24.0 Å². The number of hydrogen-bond donors (Lipinski definition) is 2. The van der Waals surface area contributed by atoms with E-state index in [1.54, 1.807) is 7.11 Å². The second-order valence-electron chi connectivity index (χ2n) is 6.41. The fourth-order valence-electron chi connectivity index (χ4n) is 3.08. The Kier molecular flexibility index (Phi) is 11.1. The molecule has 1 aliphatic rings. The molecule has 0 spiro atoms. The van der Waals surface area contributed by atoms with Crippen LogP contribution in [-0.4, -0.2) is 56.8 Å². The van der Waals surface area contributed by atoms with E-state index in [0.717, 1.165) is 51.5 Å². The zero-order valence-electron chi connectivity index (χ0n) is 15.8. The number of halogens is 1. The highest BCUT2D eigenvalue weighted by Gasteiger charge is 2.14. The van der Waals surface area contributed by atoms with Gasteiger partial charge in [-0.3, -0.25) is 9.89 Å². The Morgan fingerprint density at radius 2 is 2.08 bits per heavy atom. The van der Waals surface area contributed by atoms with Crippen LogP contribution in [0.3, 0.4) is 0 Å². The van der Waals surface area contributed by atoms with E-state index in [2.05, 4.69) is 58.6 Å². The smallest absolute Gasteiger partial charge is 0.191 e. The van der Waals surface area contributed by atoms with E-state index in [1.807, 2.05) is 0 Å². The van der Waals surface area contributed by atoms with Gasteiger partial charge in [0.1, 0.15) is 0 Å². The number of rotatable bonds is 8. The number of guanidine groups is 1. The lowest BCUT2D eigenvalue weighted by Crippen LogP contribution is -2.44. The van der Waals surface area contributed by atoms with Gasteiger partial charge in [0.05, 0.1) is 6.61 Å². The van der Waals surface area contributed by atoms with E-state index >= 15 is 0 Å². The van der Waals surface area contributed by atoms with Crippen LogP contribution in [0.25, 0.3) is 0 Å². The van der Waals surface area contributed by atoms with E-state index in [1.165, 1.54) is 11.1 Å². The number of fused-ring (bicyclic) bond motifs is 1. The maximum atomic E-state index is 5.16. The molecule has 1 atom stereocenters. The molecular weight excluding hydrogens is 427 g/mol. The highest BCUT2D eigenvalue weighted by molar-refractivity contribution is 14.0. The van der Waals surface area contributed by atoms with Gasteiger partial charge in [-0.25, -0.2) is 0 Å². The summed E-state index contributed by atoms with van der Waals surface area (Å²) in [5, 5.41) is 6.66. The molecule has 2 N–H and O–H groups in total. The first kappa shape index (κ1) is 22.2. The zero-order valence-corrected chi connectivity index (χ0v) is 18.1. The van der Waals surface area contributed by atoms with Gasteiger partial charge in [0, 0.05) is 45.9 Å². The molecule has 0 fully saturated rings. The molecule has 0 radical (unpaired) electrons. The summed E-state index contributed by atoms with van der Waals surface area (Å²) in [6, 6.07) is 9.05. The van der Waals surface area contributed by atoms with Crippen molar-refractivity contribution in [2.75, 3.05) is 39.9 Å². The lowest BCUT2D eigenvalue weighted by Gasteiger charge is -2.28. The van der Waals surface area contributed by atoms with E-state index in [9.17, 15) is 0 Å². The maximum Gasteiger partial charge on any atom is 0.191 e. The third kappa shape index (κ3) is 7.92. The highest BCUT2D eigenvalue weighted by Crippen LogP contribution is 2.18. The Morgan fingerprint density at radius 1 is 1.32 bits per heavy atom. The summed E-state index contributed by atoms with van der Waals surface area (Å²) in [6.45, 7) is 9.90. The van der Waals surface area contributed by atoms with Crippen LogP contribution < -0.4 is 10.6 Å². The van der Waals surface area contributed by atoms with E-state index in [0.29, 0.717) is 6.61 Å². The summed E-state index contributed by atoms with van der Waals surface area (Å²) in [6.07, 6.45) is 2.25. The molecule has 0 aliphatic carbocycles. The van der Waals surface area contributed by atoms with Gasteiger partial charge >= 0.3 is 0 Å². The minimum atomic E-state index is 0. The number of benzene rings is 1. The topological polar surface area (TPSA) is 48.9 Å². The number of aliphatic imine (C=N–C) groups is 1. The van der Waals surface area contributed by atoms with Crippen molar-refractivity contribution in [2.45, 2.75) is 39.3 Å². The number of hydrogen-bond acceptors (Lipinski definition) is 3. The Bertz CT molecular complexity index is 524. The molecule has 0 aromatic heterocycles. The van der Waals surface area contributed by atoms with E-state index in [4.69, 9.17) is 4.74 Å². The molecule has 25 heavy (non-hydrogen) atoms. The predicted octanol–water partition coefficient (Wildman–Crippen LogP) is 2.64. The van der Waals surface area contributed by atoms with Crippen molar-refractivity contribution in [1.29, 1.82) is 0 Å². The molecule has 6 heteroatoms. The fourth-order valence-corrected chi connectivity index (χ4v) is 3.08. The van der Waals surface area contributed by atoms with Crippen LogP contribution in [-0.2, 0) is 17.7 Å². The van der Waals surface area contributed by atoms with Crippen LogP contribution in [0.4, 0.5) is 0 Å². The second-order valence-corrected chi connectivity index (χ2v) is 6.41. The molecule has 1 aromatic carbocycles. The molecule has 0 saturated heterocycles. The van der Waals surface area contributed by atoms with Crippen LogP contribution in [0, 0.1) is 0 Å². The van der Waals surface area contributed by atoms with E-state index in [-0.39, 0.29) is 30.0 Å². The van der Waals surface area contributed by atoms with Crippen LogP contribution in [0.2, 0.25) is 0 Å². The third-order valence-electron chi connectivity index (χ3n) is 4.26. The van der Waals surface area contributed by atoms with Gasteiger partial charge in [0.2, 0.25) is 0 Å². The maximum absolute atomic E-state index is 5.16. The largest absolute Gasteiger partial charge is 0.383 e. The van der Waals surface area contributed by atoms with Crippen molar-refractivity contribution >= 4 is 29.9 Å². The molecule has 1 heterocycles. The first-order valence-corrected chi connectivity index (χ1v) is 9.05. The van der Waals surface area contributed by atoms with Crippen molar-refractivity contribution in [1.82, 2.24) is 15.5 Å². The van der Waals surface area contributed by atoms with Gasteiger partial charge < -0.3 is 15.4 Å². The molecule has 1 aromatic rings. The molecule has 0 amide bonds. The van der Waals surface area contributed by atoms with Crippen molar-refractivity contribution in [2.24, 2.45) is 4.99 Å². The number of nitrogens with one attached hydrogen (secondary N) is 2. The van der Waals surface area contributed by atoms with Crippen LogP contribution in [0.1, 0.15) is 31.4 Å². The lowest BCUT2D eigenvalue weighted by atomic mass is 10.00. The Hall–Kier alpha value is -0.860. The number of ether oxygens (including phenoxy) is 1. The summed E-state index contributed by atoms with van der Waals surface area (Å²) in [7, 11) is 1.72. The molecular formula is C19H33IN4O. The standard InChI is InChI=1S/C19H32N4O.HI/c1-4-20-19(22-16(2)15-24-3)21-11-7-12-23-13-10-17-8-5-6-9-18(17)14-23;/h5-6,8-9,16H,4,7,10-15H2,1-3H3,(H2,20,21,22);1H. The summed E-state index contributed by atoms with van der Waals surface area (Å²) >= 11 is 0. The molecule has 1 aliphatic heterocycles. The molecule has 5 nitrogen and oxygen atoms in total. The quantitative estimate of drug-likeness (QED) is 0.271. The Labute approximate surface area is 169 Å². The van der Waals surface area contributed by atoms with Crippen molar-refractivity contribution in [3.63, 3.8) is 0 Å². The monoisotopic (exact) mass is 460 g/mol. The SMILES string of the molecule is CCNC(=NCCCN1CCc2ccccc2C1)NC(C)COC.I. The average Bonchev–Trinajstić information content (AvgIpc) is 2.59. The second kappa shape index (κ2) is 12.5. The van der Waals surface area contributed by atoms with Crippen LogP contribution in [0.5, 0.6) is 0 Å². The molecule has 0 bridgehead atoms. The van der Waals surface area contributed by atoms with Gasteiger partial charge in [-0.05, 0) is 37.8 Å². The summed E-state index contributed by atoms with van der Waals surface area (Å²) in [5.41, 5.74) is 2.99. The molecule has 0 saturated carbocycles. The summed E-state index contributed by atoms with van der Waals surface area (Å²) in [4.78, 5) is 7.21. The summed E-state index contributed by atoms with van der Waals surface area (Å²) < 4.78 is 5.16. The molecule has 1 unspecified atom stereocenters. The van der Waals surface area contributed by atoms with Crippen LogP contribution >= 0.6 is 24.0 Å². The van der Waals surface area contributed by atoms with Gasteiger partial charge in [-0.2, -0.15) is 0 Å². The van der Waals surface area contributed by atoms with E-state index < -0.39 is 0 Å². The van der Waals surface area contributed by atoms with Crippen LogP contribution in [0.15, 0.2) is 29.3 Å². The first-order valence-electron chi connectivity index (χ1n) is 9.05. The van der Waals surface area contributed by atoms with Gasteiger partial charge in [0.15, 0.2) is 5.96 Å². The Morgan fingerprint density at radius 3 is 2.80 bits per heavy atom. The van der Waals surface area contributed by atoms with Crippen molar-refractivity contribution in [3.05, 3.63) is 35.4 Å². The Balaban J connectivity index is 0.00000312. The minimum absolute atomic E-state index is 0. The fraction of sp³-hybridized carbons (Fsp3) is 0.632. The van der Waals surface area contributed by atoms with Crippen molar-refractivity contribution < 1.29 is 4.74 Å². The first-order chi connectivity index (χ1) is 11.7. The molecule has 2 rings (SSSR count). The molecule has 142 valence electrons. The summed E-state index contributed by atoms with van der Waals surface area (Å²) in [5.74, 6) is 0.881. The third-order valence-corrected chi connectivity index (χ3v) is 4.26. The predicted molar refractivity (Wildman–Crippen MR) is 116 cm³/mol. The minimum Gasteiger partial charge on any atom is -0.383 e. The number of methoxy groups -OCH3 is 1. The van der Waals surface area contributed by atoms with Crippen molar-refractivity contribution in [3.8, 4) is 0 Å². The lowest BCUT2D eigenvalue weighted by molar-refractivity contribution is 0.179.